The number of nitrogens with one attached hydrogen (secondary N) is 1. The molecular weight excluding hydrogens is 240 g/mol. The lowest BCUT2D eigenvalue weighted by atomic mass is 10.2. The van der Waals surface area contributed by atoms with Gasteiger partial charge in [-0.2, -0.15) is 0 Å². The number of hydrogen-bond acceptors (Lipinski definition) is 3. The lowest BCUT2D eigenvalue weighted by molar-refractivity contribution is 0.200. The summed E-state index contributed by atoms with van der Waals surface area (Å²) in [5.74, 6) is -1.23. The third kappa shape index (κ3) is 4.98. The Hall–Kier alpha value is -1.20. The molecule has 0 amide bonds. The van der Waals surface area contributed by atoms with E-state index in [1.165, 1.54) is 0 Å². The number of hydrogen-bond donors (Lipinski definition) is 2. The van der Waals surface area contributed by atoms with Crippen molar-refractivity contribution in [1.82, 2.24) is 5.32 Å². The molecule has 0 aromatic heterocycles. The molecule has 1 rings (SSSR count). The minimum Gasteiger partial charge on any atom is -0.490 e. The van der Waals surface area contributed by atoms with E-state index in [2.05, 4.69) is 5.32 Å². The summed E-state index contributed by atoms with van der Waals surface area (Å²) in [5, 5.41) is 12.3. The second kappa shape index (κ2) is 7.28. The molecule has 1 aromatic rings. The van der Waals surface area contributed by atoms with Gasteiger partial charge in [0, 0.05) is 18.2 Å². The molecule has 1 aromatic carbocycles. The maximum absolute atomic E-state index is 13.2. The molecule has 18 heavy (non-hydrogen) atoms. The van der Waals surface area contributed by atoms with E-state index in [-0.39, 0.29) is 31.0 Å². The van der Waals surface area contributed by atoms with Crippen molar-refractivity contribution in [3.8, 4) is 5.75 Å². The molecule has 5 heteroatoms. The van der Waals surface area contributed by atoms with Crippen LogP contribution in [0.25, 0.3) is 0 Å². The first-order valence-electron chi connectivity index (χ1n) is 5.97. The van der Waals surface area contributed by atoms with Gasteiger partial charge in [-0.1, -0.05) is 13.8 Å². The Labute approximate surface area is 106 Å². The zero-order valence-electron chi connectivity index (χ0n) is 10.6. The molecule has 0 bridgehead atoms. The van der Waals surface area contributed by atoms with Gasteiger partial charge in [0.25, 0.3) is 0 Å². The number of aliphatic hydroxyl groups is 1. The van der Waals surface area contributed by atoms with Crippen LogP contribution in [-0.2, 0) is 0 Å². The summed E-state index contributed by atoms with van der Waals surface area (Å²) in [7, 11) is 0. The predicted octanol–water partition coefficient (Wildman–Crippen LogP) is 2.09. The Balaban J connectivity index is 2.42. The highest BCUT2D eigenvalue weighted by atomic mass is 19.1. The standard InChI is InChI=1S/C13H19F2NO2/c1-9(2)16-11(8-17)5-6-18-13-7-10(14)3-4-12(13)15/h3-4,7,9,11,16-17H,5-6,8H2,1-2H3. The molecule has 0 radical (unpaired) electrons. The Morgan fingerprint density at radius 2 is 2.06 bits per heavy atom. The van der Waals surface area contributed by atoms with E-state index in [0.29, 0.717) is 6.42 Å². The van der Waals surface area contributed by atoms with Gasteiger partial charge in [0.05, 0.1) is 13.2 Å². The summed E-state index contributed by atoms with van der Waals surface area (Å²) < 4.78 is 31.3. The molecule has 3 nitrogen and oxygen atoms in total. The van der Waals surface area contributed by atoms with Crippen molar-refractivity contribution in [1.29, 1.82) is 0 Å². The summed E-state index contributed by atoms with van der Waals surface area (Å²) >= 11 is 0. The Morgan fingerprint density at radius 3 is 2.67 bits per heavy atom. The van der Waals surface area contributed by atoms with Crippen molar-refractivity contribution < 1.29 is 18.6 Å². The van der Waals surface area contributed by atoms with Crippen LogP contribution in [0.5, 0.6) is 5.75 Å². The predicted molar refractivity (Wildman–Crippen MR) is 65.6 cm³/mol. The molecule has 0 spiro atoms. The number of aliphatic hydroxyl groups excluding tert-OH is 1. The highest BCUT2D eigenvalue weighted by Gasteiger charge is 2.10. The maximum Gasteiger partial charge on any atom is 0.165 e. The number of benzene rings is 1. The van der Waals surface area contributed by atoms with Crippen LogP contribution in [0.4, 0.5) is 8.78 Å². The Bertz CT molecular complexity index is 372. The fourth-order valence-electron chi connectivity index (χ4n) is 1.60. The third-order valence-electron chi connectivity index (χ3n) is 2.41. The molecular formula is C13H19F2NO2. The average molecular weight is 259 g/mol. The van der Waals surface area contributed by atoms with Crippen molar-refractivity contribution in [2.75, 3.05) is 13.2 Å². The first-order chi connectivity index (χ1) is 8.52. The lowest BCUT2D eigenvalue weighted by Gasteiger charge is -2.19. The van der Waals surface area contributed by atoms with E-state index in [0.717, 1.165) is 18.2 Å². The van der Waals surface area contributed by atoms with E-state index in [1.807, 2.05) is 13.8 Å². The van der Waals surface area contributed by atoms with Crippen LogP contribution in [0, 0.1) is 11.6 Å². The molecule has 0 saturated carbocycles. The molecule has 1 unspecified atom stereocenters. The van der Waals surface area contributed by atoms with E-state index in [4.69, 9.17) is 9.84 Å². The minimum absolute atomic E-state index is 0.0207. The number of rotatable bonds is 7. The summed E-state index contributed by atoms with van der Waals surface area (Å²) in [6, 6.07) is 3.22. The molecule has 2 N–H and O–H groups in total. The molecule has 1 atom stereocenters. The van der Waals surface area contributed by atoms with Gasteiger partial charge >= 0.3 is 0 Å². The third-order valence-corrected chi connectivity index (χ3v) is 2.41. The highest BCUT2D eigenvalue weighted by Crippen LogP contribution is 2.18. The minimum atomic E-state index is -0.589. The summed E-state index contributed by atoms with van der Waals surface area (Å²) in [5.41, 5.74) is 0. The van der Waals surface area contributed by atoms with Crippen LogP contribution in [0.15, 0.2) is 18.2 Å². The molecule has 0 fully saturated rings. The Kier molecular flexibility index (Phi) is 6.01. The maximum atomic E-state index is 13.2. The zero-order valence-corrected chi connectivity index (χ0v) is 10.6. The van der Waals surface area contributed by atoms with E-state index in [1.54, 1.807) is 0 Å². The molecule has 0 saturated heterocycles. The van der Waals surface area contributed by atoms with Gasteiger partial charge in [0.15, 0.2) is 11.6 Å². The van der Waals surface area contributed by atoms with Crippen LogP contribution in [-0.4, -0.2) is 30.4 Å². The van der Waals surface area contributed by atoms with E-state index < -0.39 is 11.6 Å². The topological polar surface area (TPSA) is 41.5 Å². The zero-order chi connectivity index (χ0) is 13.5. The van der Waals surface area contributed by atoms with E-state index >= 15 is 0 Å². The molecule has 0 aliphatic rings. The van der Waals surface area contributed by atoms with E-state index in [9.17, 15) is 8.78 Å². The molecule has 0 heterocycles. The van der Waals surface area contributed by atoms with Crippen LogP contribution in [0.2, 0.25) is 0 Å². The number of ether oxygens (including phenoxy) is 1. The van der Waals surface area contributed by atoms with Gasteiger partial charge in [-0.25, -0.2) is 8.78 Å². The fourth-order valence-corrected chi connectivity index (χ4v) is 1.60. The summed E-state index contributed by atoms with van der Waals surface area (Å²) in [6.45, 7) is 4.13. The van der Waals surface area contributed by atoms with Gasteiger partial charge in [-0.15, -0.1) is 0 Å². The van der Waals surface area contributed by atoms with Crippen molar-refractivity contribution >= 4 is 0 Å². The summed E-state index contributed by atoms with van der Waals surface area (Å²) in [4.78, 5) is 0. The molecule has 0 aliphatic heterocycles. The number of halogens is 2. The first kappa shape index (κ1) is 14.9. The van der Waals surface area contributed by atoms with Crippen LogP contribution in [0.3, 0.4) is 0 Å². The van der Waals surface area contributed by atoms with Crippen LogP contribution < -0.4 is 10.1 Å². The van der Waals surface area contributed by atoms with Crippen molar-refractivity contribution in [3.63, 3.8) is 0 Å². The second-order valence-electron chi connectivity index (χ2n) is 4.41. The van der Waals surface area contributed by atoms with Gasteiger partial charge in [0.1, 0.15) is 5.82 Å². The van der Waals surface area contributed by atoms with Gasteiger partial charge in [-0.05, 0) is 18.6 Å². The lowest BCUT2D eigenvalue weighted by Crippen LogP contribution is -2.38. The quantitative estimate of drug-likeness (QED) is 0.788. The normalized spacial score (nSPS) is 12.8. The van der Waals surface area contributed by atoms with Gasteiger partial charge in [0.2, 0.25) is 0 Å². The van der Waals surface area contributed by atoms with Gasteiger partial charge in [-0.3, -0.25) is 0 Å². The fraction of sp³-hybridized carbons (Fsp3) is 0.538. The average Bonchev–Trinajstić information content (AvgIpc) is 2.31. The van der Waals surface area contributed by atoms with Crippen LogP contribution in [0.1, 0.15) is 20.3 Å². The summed E-state index contributed by atoms with van der Waals surface area (Å²) in [6.07, 6.45) is 0.518. The molecule has 0 aliphatic carbocycles. The Morgan fingerprint density at radius 1 is 1.33 bits per heavy atom. The van der Waals surface area contributed by atoms with Crippen molar-refractivity contribution in [3.05, 3.63) is 29.8 Å². The SMILES string of the molecule is CC(C)NC(CO)CCOc1cc(F)ccc1F. The van der Waals surface area contributed by atoms with Crippen molar-refractivity contribution in [2.45, 2.75) is 32.4 Å². The van der Waals surface area contributed by atoms with Crippen LogP contribution >= 0.6 is 0 Å². The molecule has 102 valence electrons. The highest BCUT2D eigenvalue weighted by molar-refractivity contribution is 5.24. The van der Waals surface area contributed by atoms with Crippen molar-refractivity contribution in [2.24, 2.45) is 0 Å². The largest absolute Gasteiger partial charge is 0.490 e. The van der Waals surface area contributed by atoms with Gasteiger partial charge < -0.3 is 15.2 Å². The second-order valence-corrected chi connectivity index (χ2v) is 4.41. The smallest absolute Gasteiger partial charge is 0.165 e. The monoisotopic (exact) mass is 259 g/mol. The first-order valence-corrected chi connectivity index (χ1v) is 5.97.